The van der Waals surface area contributed by atoms with Crippen LogP contribution in [0.5, 0.6) is 11.5 Å². The second-order valence-corrected chi connectivity index (χ2v) is 7.74. The molecule has 144 valence electrons. The van der Waals surface area contributed by atoms with E-state index < -0.39 is 0 Å². The van der Waals surface area contributed by atoms with Crippen LogP contribution in [-0.4, -0.2) is 25.8 Å². The third-order valence-corrected chi connectivity index (χ3v) is 5.11. The fourth-order valence-corrected chi connectivity index (χ4v) is 3.79. The van der Waals surface area contributed by atoms with E-state index in [-0.39, 0.29) is 12.5 Å². The zero-order valence-corrected chi connectivity index (χ0v) is 18.6. The van der Waals surface area contributed by atoms with Crippen molar-refractivity contribution >= 4 is 44.0 Å². The summed E-state index contributed by atoms with van der Waals surface area (Å²) >= 11 is 6.84. The molecule has 0 saturated carbocycles. The first-order valence-corrected chi connectivity index (χ1v) is 10.1. The van der Waals surface area contributed by atoms with E-state index in [1.54, 1.807) is 7.11 Å². The molecule has 0 radical (unpaired) electrons. The summed E-state index contributed by atoms with van der Waals surface area (Å²) in [4.78, 5) is 11.9. The summed E-state index contributed by atoms with van der Waals surface area (Å²) in [6.45, 7) is 4.22. The molecular weight excluding hydrogens is 476 g/mol. The molecule has 1 atom stereocenters. The Balaban J connectivity index is 1.89. The van der Waals surface area contributed by atoms with E-state index >= 15 is 0 Å². The van der Waals surface area contributed by atoms with Crippen LogP contribution in [0.3, 0.4) is 0 Å². The maximum atomic E-state index is 11.9. The van der Waals surface area contributed by atoms with Gasteiger partial charge < -0.3 is 9.47 Å². The molecule has 0 bridgehead atoms. The molecule has 0 fully saturated rings. The highest BCUT2D eigenvalue weighted by Gasteiger charge is 2.08. The maximum absolute atomic E-state index is 11.9. The highest BCUT2D eigenvalue weighted by atomic mass is 79.9. The topological polar surface area (TPSA) is 59.9 Å². The fraction of sp³-hybridized carbons (Fsp3) is 0.300. The zero-order valence-electron chi connectivity index (χ0n) is 15.5. The Bertz CT molecular complexity index is 808. The Hall–Kier alpha value is -1.86. The van der Waals surface area contributed by atoms with Gasteiger partial charge in [-0.3, -0.25) is 4.79 Å². The van der Waals surface area contributed by atoms with Crippen LogP contribution in [0.1, 0.15) is 37.3 Å². The van der Waals surface area contributed by atoms with Gasteiger partial charge in [-0.1, -0.05) is 41.9 Å². The number of nitrogens with zero attached hydrogens (tertiary/aromatic N) is 1. The molecule has 0 aliphatic heterocycles. The molecule has 1 N–H and O–H groups in total. The molecule has 7 heteroatoms. The van der Waals surface area contributed by atoms with Crippen molar-refractivity contribution in [2.45, 2.75) is 26.2 Å². The lowest BCUT2D eigenvalue weighted by Gasteiger charge is -2.10. The highest BCUT2D eigenvalue weighted by molar-refractivity contribution is 9.11. The number of nitrogens with one attached hydrogen (secondary N) is 1. The van der Waals surface area contributed by atoms with E-state index in [1.807, 2.05) is 36.4 Å². The summed E-state index contributed by atoms with van der Waals surface area (Å²) in [5.41, 5.74) is 4.43. The van der Waals surface area contributed by atoms with Crippen molar-refractivity contribution in [3.8, 4) is 11.5 Å². The summed E-state index contributed by atoms with van der Waals surface area (Å²) < 4.78 is 12.5. The summed E-state index contributed by atoms with van der Waals surface area (Å²) in [6.07, 6.45) is 2.60. The van der Waals surface area contributed by atoms with Crippen molar-refractivity contribution in [1.29, 1.82) is 0 Å². The predicted molar refractivity (Wildman–Crippen MR) is 115 cm³/mol. The first-order valence-electron chi connectivity index (χ1n) is 8.52. The van der Waals surface area contributed by atoms with E-state index in [2.05, 4.69) is 56.2 Å². The van der Waals surface area contributed by atoms with Gasteiger partial charge in [-0.05, 0) is 58.1 Å². The monoisotopic (exact) mass is 496 g/mol. The molecule has 1 amide bonds. The van der Waals surface area contributed by atoms with E-state index in [0.717, 1.165) is 20.9 Å². The standard InChI is InChI=1S/C20H22Br2N2O3/c1-4-13(2)14-5-7-17(8-6-14)27-12-19(25)24-23-11-15-9-16(21)10-18(22)20(15)26-3/h5-11,13H,4,12H2,1-3H3,(H,24,25)/b23-11+/t13-/m1/s1. The smallest absolute Gasteiger partial charge is 0.277 e. The van der Waals surface area contributed by atoms with Gasteiger partial charge in [0.1, 0.15) is 11.5 Å². The number of benzene rings is 2. The number of hydrogen-bond donors (Lipinski definition) is 1. The summed E-state index contributed by atoms with van der Waals surface area (Å²) in [5.74, 6) is 1.45. The third kappa shape index (κ3) is 6.36. The van der Waals surface area contributed by atoms with Gasteiger partial charge in [0, 0.05) is 10.0 Å². The minimum atomic E-state index is -0.342. The zero-order chi connectivity index (χ0) is 19.8. The number of hydrogen-bond acceptors (Lipinski definition) is 4. The molecule has 0 spiro atoms. The lowest BCUT2D eigenvalue weighted by Crippen LogP contribution is -2.24. The third-order valence-electron chi connectivity index (χ3n) is 4.07. The lowest BCUT2D eigenvalue weighted by atomic mass is 9.99. The van der Waals surface area contributed by atoms with Gasteiger partial charge in [-0.2, -0.15) is 5.10 Å². The summed E-state index contributed by atoms with van der Waals surface area (Å²) in [5, 5.41) is 3.97. The van der Waals surface area contributed by atoms with E-state index in [9.17, 15) is 4.79 Å². The first-order chi connectivity index (χ1) is 12.9. The molecule has 0 aromatic heterocycles. The van der Waals surface area contributed by atoms with Crippen LogP contribution in [0.4, 0.5) is 0 Å². The number of rotatable bonds is 8. The molecule has 2 aromatic carbocycles. The average molecular weight is 498 g/mol. The van der Waals surface area contributed by atoms with E-state index in [4.69, 9.17) is 9.47 Å². The van der Waals surface area contributed by atoms with E-state index in [1.165, 1.54) is 11.8 Å². The Morgan fingerprint density at radius 2 is 1.96 bits per heavy atom. The Labute approximate surface area is 176 Å². The second-order valence-electron chi connectivity index (χ2n) is 5.97. The number of amides is 1. The maximum Gasteiger partial charge on any atom is 0.277 e. The van der Waals surface area contributed by atoms with Crippen LogP contribution in [0.25, 0.3) is 0 Å². The number of ether oxygens (including phenoxy) is 2. The van der Waals surface area contributed by atoms with Gasteiger partial charge in [-0.25, -0.2) is 5.43 Å². The number of halogens is 2. The van der Waals surface area contributed by atoms with Gasteiger partial charge in [0.25, 0.3) is 5.91 Å². The van der Waals surface area contributed by atoms with Crippen LogP contribution in [0.2, 0.25) is 0 Å². The molecule has 0 unspecified atom stereocenters. The summed E-state index contributed by atoms with van der Waals surface area (Å²) in [6, 6.07) is 11.5. The predicted octanol–water partition coefficient (Wildman–Crippen LogP) is 5.26. The average Bonchev–Trinajstić information content (AvgIpc) is 2.66. The van der Waals surface area contributed by atoms with Crippen molar-refractivity contribution < 1.29 is 14.3 Å². The Morgan fingerprint density at radius 3 is 2.59 bits per heavy atom. The van der Waals surface area contributed by atoms with Crippen LogP contribution in [0, 0.1) is 0 Å². The van der Waals surface area contributed by atoms with Gasteiger partial charge >= 0.3 is 0 Å². The van der Waals surface area contributed by atoms with Crippen molar-refractivity contribution in [1.82, 2.24) is 5.43 Å². The number of methoxy groups -OCH3 is 1. The Kier molecular flexibility index (Phi) is 8.31. The van der Waals surface area contributed by atoms with Crippen molar-refractivity contribution in [2.24, 2.45) is 5.10 Å². The minimum absolute atomic E-state index is 0.112. The van der Waals surface area contributed by atoms with Gasteiger partial charge in [0.05, 0.1) is 17.8 Å². The van der Waals surface area contributed by atoms with Gasteiger partial charge in [0.15, 0.2) is 6.61 Å². The molecule has 0 heterocycles. The largest absolute Gasteiger partial charge is 0.495 e. The van der Waals surface area contributed by atoms with Crippen LogP contribution >= 0.6 is 31.9 Å². The van der Waals surface area contributed by atoms with Gasteiger partial charge in [-0.15, -0.1) is 0 Å². The molecule has 2 aromatic rings. The normalized spacial score (nSPS) is 12.0. The molecule has 5 nitrogen and oxygen atoms in total. The van der Waals surface area contributed by atoms with Crippen LogP contribution < -0.4 is 14.9 Å². The fourth-order valence-electron chi connectivity index (χ4n) is 2.37. The molecule has 0 aliphatic carbocycles. The van der Waals surface area contributed by atoms with Crippen LogP contribution in [0.15, 0.2) is 50.4 Å². The van der Waals surface area contributed by atoms with Gasteiger partial charge in [0.2, 0.25) is 0 Å². The second kappa shape index (κ2) is 10.5. The molecule has 27 heavy (non-hydrogen) atoms. The quantitative estimate of drug-likeness (QED) is 0.399. The van der Waals surface area contributed by atoms with Crippen LogP contribution in [-0.2, 0) is 4.79 Å². The lowest BCUT2D eigenvalue weighted by molar-refractivity contribution is -0.123. The molecular formula is C20H22Br2N2O3. The SMILES string of the molecule is CC[C@@H](C)c1ccc(OCC(=O)N/N=C/c2cc(Br)cc(Br)c2OC)cc1. The van der Waals surface area contributed by atoms with Crippen molar-refractivity contribution in [2.75, 3.05) is 13.7 Å². The molecule has 0 aliphatic rings. The Morgan fingerprint density at radius 1 is 1.26 bits per heavy atom. The number of hydrazone groups is 1. The minimum Gasteiger partial charge on any atom is -0.495 e. The molecule has 0 saturated heterocycles. The molecule has 2 rings (SSSR count). The van der Waals surface area contributed by atoms with Crippen molar-refractivity contribution in [3.05, 3.63) is 56.5 Å². The van der Waals surface area contributed by atoms with E-state index in [0.29, 0.717) is 17.4 Å². The number of carbonyl (C=O) groups is 1. The first kappa shape index (κ1) is 21.4. The number of carbonyl (C=O) groups excluding carboxylic acids is 1. The summed E-state index contributed by atoms with van der Waals surface area (Å²) in [7, 11) is 1.57. The highest BCUT2D eigenvalue weighted by Crippen LogP contribution is 2.31. The van der Waals surface area contributed by atoms with Crippen molar-refractivity contribution in [3.63, 3.8) is 0 Å².